The van der Waals surface area contributed by atoms with E-state index < -0.39 is 0 Å². The Morgan fingerprint density at radius 1 is 1.60 bits per heavy atom. The van der Waals surface area contributed by atoms with Gasteiger partial charge in [-0.25, -0.2) is 9.97 Å². The van der Waals surface area contributed by atoms with Gasteiger partial charge in [0.1, 0.15) is 0 Å². The molecule has 0 saturated heterocycles. The smallest absolute Gasteiger partial charge is 0.222 e. The van der Waals surface area contributed by atoms with Gasteiger partial charge in [-0.3, -0.25) is 0 Å². The van der Waals surface area contributed by atoms with Crippen molar-refractivity contribution in [2.45, 2.75) is 19.8 Å². The molecule has 1 aromatic rings. The van der Waals surface area contributed by atoms with Gasteiger partial charge < -0.3 is 4.74 Å². The largest absolute Gasteiger partial charge is 0.501 e. The summed E-state index contributed by atoms with van der Waals surface area (Å²) in [5.41, 5.74) is 0.714. The molecule has 5 heteroatoms. The number of nitrogens with zero attached hydrogens (tertiary/aromatic N) is 2. The minimum atomic E-state index is 0.228. The number of ether oxygens (including phenoxy) is 1. The lowest BCUT2D eigenvalue weighted by Crippen LogP contribution is -1.89. The van der Waals surface area contributed by atoms with Gasteiger partial charge in [0, 0.05) is 6.20 Å². The Labute approximate surface area is 103 Å². The molecule has 0 N–H and O–H groups in total. The Morgan fingerprint density at radius 2 is 2.40 bits per heavy atom. The molecule has 0 radical (unpaired) electrons. The van der Waals surface area contributed by atoms with E-state index in [2.05, 4.69) is 32.8 Å². The molecule has 82 valence electrons. The molecule has 0 saturated carbocycles. The van der Waals surface area contributed by atoms with Gasteiger partial charge in [-0.2, -0.15) is 0 Å². The summed E-state index contributed by atoms with van der Waals surface area (Å²) in [5.74, 6) is 0. The summed E-state index contributed by atoms with van der Waals surface area (Å²) in [7, 11) is 0. The van der Waals surface area contributed by atoms with Crippen molar-refractivity contribution in [1.82, 2.24) is 9.97 Å². The van der Waals surface area contributed by atoms with Crippen molar-refractivity contribution < 1.29 is 4.74 Å². The van der Waals surface area contributed by atoms with E-state index in [4.69, 9.17) is 16.3 Å². The van der Waals surface area contributed by atoms with Gasteiger partial charge in [-0.05, 0) is 40.0 Å². The average molecular weight is 292 g/mol. The molecule has 0 unspecified atom stereocenters. The van der Waals surface area contributed by atoms with E-state index in [9.17, 15) is 0 Å². The van der Waals surface area contributed by atoms with Crippen LogP contribution in [0.3, 0.4) is 0 Å². The van der Waals surface area contributed by atoms with E-state index in [-0.39, 0.29) is 5.28 Å². The molecule has 15 heavy (non-hydrogen) atoms. The first-order valence-electron chi connectivity index (χ1n) is 4.70. The second-order valence-electron chi connectivity index (χ2n) is 2.90. The van der Waals surface area contributed by atoms with E-state index >= 15 is 0 Å². The molecule has 0 aliphatic carbocycles. The summed E-state index contributed by atoms with van der Waals surface area (Å²) in [6.07, 6.45) is 7.17. The number of unbranched alkanes of at least 4 members (excludes halogenated alkanes) is 1. The number of hydrogen-bond acceptors (Lipinski definition) is 3. The summed E-state index contributed by atoms with van der Waals surface area (Å²) >= 11 is 8.98. The van der Waals surface area contributed by atoms with Crippen LogP contribution in [0.4, 0.5) is 0 Å². The van der Waals surface area contributed by atoms with E-state index in [1.165, 1.54) is 0 Å². The van der Waals surface area contributed by atoms with Crippen LogP contribution >= 0.6 is 27.5 Å². The lowest BCUT2D eigenvalue weighted by atomic mass is 10.4. The van der Waals surface area contributed by atoms with Crippen LogP contribution in [0.2, 0.25) is 5.28 Å². The number of aromatic nitrogens is 2. The van der Waals surface area contributed by atoms with Crippen molar-refractivity contribution >= 4 is 33.6 Å². The Hall–Kier alpha value is -0.610. The molecule has 0 fully saturated rings. The monoisotopic (exact) mass is 290 g/mol. The van der Waals surface area contributed by atoms with Gasteiger partial charge in [-0.15, -0.1) is 0 Å². The first-order chi connectivity index (χ1) is 7.24. The average Bonchev–Trinajstić information content (AvgIpc) is 2.23. The molecule has 3 nitrogen and oxygen atoms in total. The number of hydrogen-bond donors (Lipinski definition) is 0. The maximum atomic E-state index is 5.66. The topological polar surface area (TPSA) is 35.0 Å². The van der Waals surface area contributed by atoms with Crippen molar-refractivity contribution in [3.63, 3.8) is 0 Å². The third-order valence-electron chi connectivity index (χ3n) is 1.68. The normalized spacial score (nSPS) is 10.9. The molecule has 1 aromatic heterocycles. The van der Waals surface area contributed by atoms with Gasteiger partial charge in [-0.1, -0.05) is 13.3 Å². The molecular formula is C10H12BrClN2O. The summed E-state index contributed by atoms with van der Waals surface area (Å²) < 4.78 is 6.06. The van der Waals surface area contributed by atoms with Gasteiger partial charge in [0.25, 0.3) is 0 Å². The van der Waals surface area contributed by atoms with Crippen LogP contribution in [0.5, 0.6) is 0 Å². The van der Waals surface area contributed by atoms with Gasteiger partial charge in [0.05, 0.1) is 23.0 Å². The molecule has 0 atom stereocenters. The highest BCUT2D eigenvalue weighted by atomic mass is 79.9. The van der Waals surface area contributed by atoms with E-state index in [0.29, 0.717) is 5.69 Å². The predicted molar refractivity (Wildman–Crippen MR) is 64.6 cm³/mol. The highest BCUT2D eigenvalue weighted by Crippen LogP contribution is 2.16. The summed E-state index contributed by atoms with van der Waals surface area (Å²) in [6.45, 7) is 2.84. The van der Waals surface area contributed by atoms with E-state index in [0.717, 1.165) is 23.9 Å². The first-order valence-corrected chi connectivity index (χ1v) is 5.87. The standard InChI is InChI=1S/C10H12BrClN2O/c1-2-3-5-15-6-4-9-8(11)7-13-10(12)14-9/h4,6-7H,2-3,5H2,1H3. The van der Waals surface area contributed by atoms with Gasteiger partial charge in [0.2, 0.25) is 5.28 Å². The Morgan fingerprint density at radius 3 is 3.13 bits per heavy atom. The van der Waals surface area contributed by atoms with Crippen LogP contribution in [0.25, 0.3) is 6.08 Å². The molecule has 0 aliphatic heterocycles. The third-order valence-corrected chi connectivity index (χ3v) is 2.47. The zero-order chi connectivity index (χ0) is 11.1. The Kier molecular flexibility index (Phi) is 5.65. The fraction of sp³-hybridized carbons (Fsp3) is 0.400. The molecule has 1 rings (SSSR count). The summed E-state index contributed by atoms with van der Waals surface area (Å²) in [5, 5.41) is 0.228. The molecule has 0 aliphatic rings. The van der Waals surface area contributed by atoms with Crippen LogP contribution in [0.1, 0.15) is 25.5 Å². The minimum absolute atomic E-state index is 0.228. The highest BCUT2D eigenvalue weighted by molar-refractivity contribution is 9.10. The molecule has 0 spiro atoms. The van der Waals surface area contributed by atoms with Crippen molar-refractivity contribution in [2.75, 3.05) is 6.61 Å². The van der Waals surface area contributed by atoms with Crippen LogP contribution < -0.4 is 0 Å². The SMILES string of the molecule is CCCCOC=Cc1nc(Cl)ncc1Br. The number of halogens is 2. The second kappa shape index (κ2) is 6.80. The molecule has 1 heterocycles. The quantitative estimate of drug-likeness (QED) is 0.471. The fourth-order valence-corrected chi connectivity index (χ4v) is 1.35. The molecular weight excluding hydrogens is 279 g/mol. The van der Waals surface area contributed by atoms with Crippen molar-refractivity contribution in [2.24, 2.45) is 0 Å². The first kappa shape index (κ1) is 12.5. The summed E-state index contributed by atoms with van der Waals surface area (Å²) in [6, 6.07) is 0. The lowest BCUT2D eigenvalue weighted by Gasteiger charge is -1.99. The molecule has 0 aromatic carbocycles. The molecule has 0 amide bonds. The lowest BCUT2D eigenvalue weighted by molar-refractivity contribution is 0.246. The van der Waals surface area contributed by atoms with Crippen LogP contribution in [0, 0.1) is 0 Å². The zero-order valence-electron chi connectivity index (χ0n) is 8.41. The molecule has 0 bridgehead atoms. The maximum absolute atomic E-state index is 5.66. The van der Waals surface area contributed by atoms with E-state index in [1.807, 2.05) is 0 Å². The highest BCUT2D eigenvalue weighted by Gasteiger charge is 1.99. The minimum Gasteiger partial charge on any atom is -0.501 e. The zero-order valence-corrected chi connectivity index (χ0v) is 10.8. The predicted octanol–water partition coefficient (Wildman–Crippen LogP) is 3.68. The van der Waals surface area contributed by atoms with Crippen molar-refractivity contribution in [1.29, 1.82) is 0 Å². The van der Waals surface area contributed by atoms with Crippen molar-refractivity contribution in [3.8, 4) is 0 Å². The van der Waals surface area contributed by atoms with Crippen LogP contribution in [-0.2, 0) is 4.74 Å². The number of rotatable bonds is 5. The van der Waals surface area contributed by atoms with Gasteiger partial charge in [0.15, 0.2) is 0 Å². The summed E-state index contributed by atoms with van der Waals surface area (Å²) in [4.78, 5) is 7.86. The van der Waals surface area contributed by atoms with E-state index in [1.54, 1.807) is 18.5 Å². The second-order valence-corrected chi connectivity index (χ2v) is 4.09. The van der Waals surface area contributed by atoms with Gasteiger partial charge >= 0.3 is 0 Å². The maximum Gasteiger partial charge on any atom is 0.222 e. The Bertz CT molecular complexity index is 344. The fourth-order valence-electron chi connectivity index (χ4n) is 0.883. The Balaban J connectivity index is 2.52. The van der Waals surface area contributed by atoms with Crippen LogP contribution in [-0.4, -0.2) is 16.6 Å². The van der Waals surface area contributed by atoms with Crippen LogP contribution in [0.15, 0.2) is 16.9 Å². The third kappa shape index (κ3) is 4.62. The van der Waals surface area contributed by atoms with Crippen molar-refractivity contribution in [3.05, 3.63) is 27.9 Å².